The van der Waals surface area contributed by atoms with Crippen molar-refractivity contribution in [1.29, 1.82) is 0 Å². The van der Waals surface area contributed by atoms with Crippen LogP contribution in [0, 0.1) is 19.8 Å². The number of fused-ring (bicyclic) bond motifs is 1. The molecule has 1 atom stereocenters. The highest BCUT2D eigenvalue weighted by Gasteiger charge is 2.35. The lowest BCUT2D eigenvalue weighted by Gasteiger charge is -2.37. The molecule has 166 valence electrons. The van der Waals surface area contributed by atoms with Crippen molar-refractivity contribution in [2.75, 3.05) is 13.1 Å². The second-order valence-corrected chi connectivity index (χ2v) is 9.76. The first-order valence-electron chi connectivity index (χ1n) is 11.4. The van der Waals surface area contributed by atoms with Gasteiger partial charge in [0, 0.05) is 5.56 Å². The Morgan fingerprint density at radius 2 is 1.94 bits per heavy atom. The van der Waals surface area contributed by atoms with Crippen LogP contribution in [0.5, 0.6) is 0 Å². The number of tetrazole rings is 1. The van der Waals surface area contributed by atoms with Crippen LogP contribution >= 0.6 is 0 Å². The van der Waals surface area contributed by atoms with Gasteiger partial charge in [0.2, 0.25) is 0 Å². The second-order valence-electron chi connectivity index (χ2n) is 9.76. The molecule has 1 N–H and O–H groups in total. The third-order valence-electron chi connectivity index (χ3n) is 7.23. The summed E-state index contributed by atoms with van der Waals surface area (Å²) in [5.74, 6) is 1.44. The van der Waals surface area contributed by atoms with Crippen molar-refractivity contribution in [2.24, 2.45) is 5.92 Å². The molecule has 7 nitrogen and oxygen atoms in total. The fourth-order valence-electron chi connectivity index (χ4n) is 4.48. The molecular weight excluding hydrogens is 388 g/mol. The lowest BCUT2D eigenvalue weighted by molar-refractivity contribution is 0.143. The van der Waals surface area contributed by atoms with Crippen LogP contribution in [-0.4, -0.2) is 43.2 Å². The summed E-state index contributed by atoms with van der Waals surface area (Å²) in [5.41, 5.74) is 3.61. The Bertz CT molecular complexity index is 1140. The Kier molecular flexibility index (Phi) is 5.73. The van der Waals surface area contributed by atoms with Crippen LogP contribution in [0.2, 0.25) is 0 Å². The average Bonchev–Trinajstić information content (AvgIpc) is 3.24. The molecule has 0 amide bonds. The normalized spacial score (nSPS) is 17.4. The highest BCUT2D eigenvalue weighted by molar-refractivity contribution is 5.83. The first kappa shape index (κ1) is 21.7. The van der Waals surface area contributed by atoms with Crippen molar-refractivity contribution in [3.05, 3.63) is 51.1 Å². The SMILES string of the molecule is CCC(C)(C)n1nnnc1[C@@H](c1cc2ccc(C)c(C)c2[nH]c1=O)N1CCC(C)CC1. The van der Waals surface area contributed by atoms with Gasteiger partial charge in [-0.15, -0.1) is 5.10 Å². The van der Waals surface area contributed by atoms with E-state index in [1.165, 1.54) is 5.56 Å². The van der Waals surface area contributed by atoms with E-state index in [9.17, 15) is 4.79 Å². The Hall–Kier alpha value is -2.54. The van der Waals surface area contributed by atoms with Crippen molar-refractivity contribution >= 4 is 10.9 Å². The predicted octanol–water partition coefficient (Wildman–Crippen LogP) is 4.10. The monoisotopic (exact) mass is 422 g/mol. The number of pyridine rings is 1. The van der Waals surface area contributed by atoms with Crippen LogP contribution in [0.4, 0.5) is 0 Å². The number of likely N-dealkylation sites (tertiary alicyclic amines) is 1. The van der Waals surface area contributed by atoms with Gasteiger partial charge in [-0.1, -0.05) is 26.0 Å². The molecule has 4 rings (SSSR count). The van der Waals surface area contributed by atoms with Crippen LogP contribution in [0.3, 0.4) is 0 Å². The van der Waals surface area contributed by atoms with E-state index >= 15 is 0 Å². The van der Waals surface area contributed by atoms with Gasteiger partial charge in [0.15, 0.2) is 5.82 Å². The van der Waals surface area contributed by atoms with Crippen molar-refractivity contribution in [2.45, 2.75) is 72.4 Å². The van der Waals surface area contributed by atoms with E-state index < -0.39 is 0 Å². The minimum absolute atomic E-state index is 0.0614. The molecule has 31 heavy (non-hydrogen) atoms. The summed E-state index contributed by atoms with van der Waals surface area (Å²) in [4.78, 5) is 19.0. The summed E-state index contributed by atoms with van der Waals surface area (Å²) in [5, 5.41) is 13.9. The Morgan fingerprint density at radius 3 is 2.61 bits per heavy atom. The van der Waals surface area contributed by atoms with E-state index in [-0.39, 0.29) is 17.1 Å². The van der Waals surface area contributed by atoms with Gasteiger partial charge in [-0.3, -0.25) is 9.69 Å². The number of aryl methyl sites for hydroxylation is 2. The molecule has 0 bridgehead atoms. The van der Waals surface area contributed by atoms with Crippen LogP contribution in [0.1, 0.15) is 75.5 Å². The molecule has 0 unspecified atom stereocenters. The summed E-state index contributed by atoms with van der Waals surface area (Å²) in [6, 6.07) is 5.97. The fraction of sp³-hybridized carbons (Fsp3) is 0.583. The summed E-state index contributed by atoms with van der Waals surface area (Å²) in [7, 11) is 0. The summed E-state index contributed by atoms with van der Waals surface area (Å²) < 4.78 is 1.92. The summed E-state index contributed by atoms with van der Waals surface area (Å²) >= 11 is 0. The third kappa shape index (κ3) is 3.91. The predicted molar refractivity (Wildman–Crippen MR) is 123 cm³/mol. The molecule has 3 heterocycles. The standard InChI is InChI=1S/C24H34N6O/c1-7-24(5,6)30-22(26-27-28-30)21(29-12-10-15(2)11-13-29)19-14-18-9-8-16(3)17(4)20(18)25-23(19)31/h8-9,14-15,21H,7,10-13H2,1-6H3,(H,25,31)/t21-/m1/s1. The van der Waals surface area contributed by atoms with Gasteiger partial charge in [0.05, 0.1) is 11.1 Å². The first-order valence-corrected chi connectivity index (χ1v) is 11.4. The quantitative estimate of drug-likeness (QED) is 0.670. The largest absolute Gasteiger partial charge is 0.321 e. The third-order valence-corrected chi connectivity index (χ3v) is 7.23. The zero-order valence-corrected chi connectivity index (χ0v) is 19.6. The average molecular weight is 423 g/mol. The molecule has 3 aromatic rings. The fourth-order valence-corrected chi connectivity index (χ4v) is 4.48. The van der Waals surface area contributed by atoms with Crippen molar-refractivity contribution in [1.82, 2.24) is 30.1 Å². The molecule has 0 radical (unpaired) electrons. The number of benzene rings is 1. The van der Waals surface area contributed by atoms with E-state index in [1.54, 1.807) is 0 Å². The summed E-state index contributed by atoms with van der Waals surface area (Å²) in [6.45, 7) is 14.7. The number of rotatable bonds is 5. The van der Waals surface area contributed by atoms with E-state index in [1.807, 2.05) is 10.7 Å². The molecule has 1 fully saturated rings. The zero-order valence-electron chi connectivity index (χ0n) is 19.6. The molecular formula is C24H34N6O. The van der Waals surface area contributed by atoms with Gasteiger partial charge < -0.3 is 4.98 Å². The Labute approximate surface area is 183 Å². The Balaban J connectivity index is 1.91. The van der Waals surface area contributed by atoms with Gasteiger partial charge in [0.1, 0.15) is 6.04 Å². The van der Waals surface area contributed by atoms with Gasteiger partial charge >= 0.3 is 0 Å². The van der Waals surface area contributed by atoms with Crippen LogP contribution in [0.25, 0.3) is 10.9 Å². The number of nitrogens with one attached hydrogen (secondary N) is 1. The first-order chi connectivity index (χ1) is 14.7. The van der Waals surface area contributed by atoms with Crippen molar-refractivity contribution in [3.8, 4) is 0 Å². The van der Waals surface area contributed by atoms with Crippen LogP contribution in [0.15, 0.2) is 23.0 Å². The molecule has 7 heteroatoms. The number of H-pyrrole nitrogens is 1. The Morgan fingerprint density at radius 1 is 1.23 bits per heavy atom. The molecule has 0 spiro atoms. The van der Waals surface area contributed by atoms with E-state index in [2.05, 4.69) is 79.1 Å². The maximum atomic E-state index is 13.4. The van der Waals surface area contributed by atoms with Gasteiger partial charge in [-0.05, 0) is 99.0 Å². The van der Waals surface area contributed by atoms with Gasteiger partial charge in [-0.25, -0.2) is 4.68 Å². The number of nitrogens with zero attached hydrogens (tertiary/aromatic N) is 5. The highest BCUT2D eigenvalue weighted by atomic mass is 16.1. The van der Waals surface area contributed by atoms with E-state index in [0.29, 0.717) is 11.5 Å². The van der Waals surface area contributed by atoms with Crippen LogP contribution in [-0.2, 0) is 5.54 Å². The van der Waals surface area contributed by atoms with Gasteiger partial charge in [-0.2, -0.15) is 0 Å². The lowest BCUT2D eigenvalue weighted by Crippen LogP contribution is -2.41. The number of hydrogen-bond acceptors (Lipinski definition) is 5. The van der Waals surface area contributed by atoms with Crippen LogP contribution < -0.4 is 5.56 Å². The minimum Gasteiger partial charge on any atom is -0.321 e. The number of hydrogen-bond donors (Lipinski definition) is 1. The molecule has 1 aromatic carbocycles. The summed E-state index contributed by atoms with van der Waals surface area (Å²) in [6.07, 6.45) is 3.11. The molecule has 1 aliphatic rings. The maximum Gasteiger partial charge on any atom is 0.253 e. The van der Waals surface area contributed by atoms with Crippen molar-refractivity contribution < 1.29 is 0 Å². The topological polar surface area (TPSA) is 79.7 Å². The highest BCUT2D eigenvalue weighted by Crippen LogP contribution is 2.33. The van der Waals surface area contributed by atoms with Gasteiger partial charge in [0.25, 0.3) is 5.56 Å². The van der Waals surface area contributed by atoms with E-state index in [0.717, 1.165) is 54.6 Å². The second kappa shape index (κ2) is 8.19. The molecule has 0 saturated carbocycles. The van der Waals surface area contributed by atoms with Crippen molar-refractivity contribution in [3.63, 3.8) is 0 Å². The number of piperidine rings is 1. The molecule has 1 aliphatic heterocycles. The smallest absolute Gasteiger partial charge is 0.253 e. The number of aromatic nitrogens is 5. The zero-order chi connectivity index (χ0) is 22.3. The molecule has 1 saturated heterocycles. The number of aromatic amines is 1. The molecule has 2 aromatic heterocycles. The maximum absolute atomic E-state index is 13.4. The molecule has 0 aliphatic carbocycles. The van der Waals surface area contributed by atoms with E-state index in [4.69, 9.17) is 0 Å². The lowest BCUT2D eigenvalue weighted by atomic mass is 9.94. The minimum atomic E-state index is -0.275.